The average molecular weight is 414 g/mol. The van der Waals surface area contributed by atoms with Gasteiger partial charge < -0.3 is 10.2 Å². The monoisotopic (exact) mass is 413 g/mol. The van der Waals surface area contributed by atoms with Gasteiger partial charge in [-0.2, -0.15) is 0 Å². The van der Waals surface area contributed by atoms with Crippen molar-refractivity contribution in [2.45, 2.75) is 39.7 Å². The minimum absolute atomic E-state index is 0.0262. The zero-order valence-electron chi connectivity index (χ0n) is 17.9. The van der Waals surface area contributed by atoms with E-state index in [4.69, 9.17) is 0 Å². The first-order valence-electron chi connectivity index (χ1n) is 10.7. The summed E-state index contributed by atoms with van der Waals surface area (Å²) in [5, 5.41) is 3.50. The fourth-order valence-corrected chi connectivity index (χ4v) is 3.69. The second kappa shape index (κ2) is 10.3. The van der Waals surface area contributed by atoms with Crippen molar-refractivity contribution in [3.8, 4) is 0 Å². The second-order valence-corrected chi connectivity index (χ2v) is 7.82. The van der Waals surface area contributed by atoms with Gasteiger partial charge in [-0.3, -0.25) is 23.9 Å². The molecule has 0 unspecified atom stereocenters. The van der Waals surface area contributed by atoms with Crippen LogP contribution in [0, 0.1) is 6.92 Å². The van der Waals surface area contributed by atoms with Gasteiger partial charge in [0.2, 0.25) is 11.8 Å². The van der Waals surface area contributed by atoms with Gasteiger partial charge in [0.05, 0.1) is 23.8 Å². The van der Waals surface area contributed by atoms with Crippen LogP contribution < -0.4 is 10.9 Å². The van der Waals surface area contributed by atoms with Gasteiger partial charge >= 0.3 is 0 Å². The summed E-state index contributed by atoms with van der Waals surface area (Å²) in [5.41, 5.74) is 1.56. The summed E-state index contributed by atoms with van der Waals surface area (Å²) in [4.78, 5) is 45.5. The number of hydrogen-bond acceptors (Lipinski definition) is 5. The predicted octanol–water partition coefficient (Wildman–Crippen LogP) is 1.16. The molecule has 3 rings (SSSR count). The summed E-state index contributed by atoms with van der Waals surface area (Å²) in [6.07, 6.45) is 3.84. The molecule has 2 amide bonds. The fraction of sp³-hybridized carbons (Fsp3) is 0.545. The highest BCUT2D eigenvalue weighted by molar-refractivity contribution is 5.80. The number of fused-ring (bicyclic) bond motifs is 1. The van der Waals surface area contributed by atoms with Crippen LogP contribution in [0.15, 0.2) is 29.3 Å². The van der Waals surface area contributed by atoms with E-state index >= 15 is 0 Å². The number of hydrogen-bond donors (Lipinski definition) is 1. The summed E-state index contributed by atoms with van der Waals surface area (Å²) in [6.45, 7) is 8.01. The third kappa shape index (κ3) is 5.44. The molecule has 2 aromatic rings. The first kappa shape index (κ1) is 22.0. The molecule has 1 saturated heterocycles. The molecule has 0 radical (unpaired) electrons. The molecule has 1 N–H and O–H groups in total. The highest BCUT2D eigenvalue weighted by Crippen LogP contribution is 2.11. The number of amides is 2. The number of rotatable bonds is 8. The number of nitrogens with zero attached hydrogens (tertiary/aromatic N) is 4. The summed E-state index contributed by atoms with van der Waals surface area (Å²) in [5.74, 6) is 0.0694. The number of para-hydroxylation sites is 1. The van der Waals surface area contributed by atoms with Crippen LogP contribution in [-0.4, -0.2) is 70.4 Å². The number of benzene rings is 1. The molecule has 8 nitrogen and oxygen atoms in total. The molecule has 0 saturated carbocycles. The number of carbonyl (C=O) groups excluding carboxylic acids is 2. The van der Waals surface area contributed by atoms with Crippen molar-refractivity contribution in [2.75, 3.05) is 39.3 Å². The van der Waals surface area contributed by atoms with E-state index in [1.165, 1.54) is 10.9 Å². The molecule has 0 aliphatic carbocycles. The van der Waals surface area contributed by atoms with Gasteiger partial charge in [-0.05, 0) is 25.0 Å². The molecule has 8 heteroatoms. The lowest BCUT2D eigenvalue weighted by Crippen LogP contribution is -2.51. The minimum Gasteiger partial charge on any atom is -0.355 e. The van der Waals surface area contributed by atoms with E-state index in [9.17, 15) is 14.4 Å². The topological polar surface area (TPSA) is 87.5 Å². The maximum atomic E-state index is 12.7. The van der Waals surface area contributed by atoms with Crippen molar-refractivity contribution in [3.05, 3.63) is 40.4 Å². The molecular formula is C22H31N5O3. The first-order chi connectivity index (χ1) is 14.5. The van der Waals surface area contributed by atoms with Gasteiger partial charge in [0.25, 0.3) is 5.56 Å². The first-order valence-corrected chi connectivity index (χ1v) is 10.7. The Morgan fingerprint density at radius 3 is 2.67 bits per heavy atom. The predicted molar refractivity (Wildman–Crippen MR) is 116 cm³/mol. The van der Waals surface area contributed by atoms with Crippen LogP contribution in [0.5, 0.6) is 0 Å². The van der Waals surface area contributed by atoms with Gasteiger partial charge in [-0.25, -0.2) is 4.98 Å². The quantitative estimate of drug-likeness (QED) is 0.656. The third-order valence-corrected chi connectivity index (χ3v) is 5.57. The number of piperazine rings is 1. The Bertz CT molecular complexity index is 947. The molecule has 2 heterocycles. The Kier molecular flexibility index (Phi) is 7.57. The van der Waals surface area contributed by atoms with Crippen molar-refractivity contribution < 1.29 is 9.59 Å². The van der Waals surface area contributed by atoms with Crippen molar-refractivity contribution >= 4 is 22.7 Å². The van der Waals surface area contributed by atoms with Crippen LogP contribution >= 0.6 is 0 Å². The molecule has 0 spiro atoms. The van der Waals surface area contributed by atoms with E-state index < -0.39 is 0 Å². The lowest BCUT2D eigenvalue weighted by atomic mass is 10.1. The SMILES string of the molecule is CCCCNC(=O)CN1CCN(C(=O)CCn2cnc3c(C)cccc3c2=O)CC1. The molecular weight excluding hydrogens is 382 g/mol. The zero-order chi connectivity index (χ0) is 21.5. The standard InChI is InChI=1S/C22H31N5O3/c1-3-4-9-23-19(28)15-25-11-13-26(14-12-25)20(29)8-10-27-16-24-21-17(2)6-5-7-18(21)22(27)30/h5-7,16H,3-4,8-15H2,1-2H3,(H,23,28). The Balaban J connectivity index is 1.47. The van der Waals surface area contributed by atoms with E-state index in [0.717, 1.165) is 24.9 Å². The van der Waals surface area contributed by atoms with Crippen LogP contribution in [0.2, 0.25) is 0 Å². The van der Waals surface area contributed by atoms with Crippen molar-refractivity contribution in [1.82, 2.24) is 24.7 Å². The molecule has 1 aromatic heterocycles. The van der Waals surface area contributed by atoms with Crippen LogP contribution in [0.3, 0.4) is 0 Å². The minimum atomic E-state index is -0.115. The van der Waals surface area contributed by atoms with E-state index in [1.807, 2.05) is 24.0 Å². The van der Waals surface area contributed by atoms with Crippen LogP contribution in [0.4, 0.5) is 0 Å². The molecule has 1 fully saturated rings. The Morgan fingerprint density at radius 1 is 1.17 bits per heavy atom. The molecule has 1 aliphatic heterocycles. The highest BCUT2D eigenvalue weighted by Gasteiger charge is 2.22. The highest BCUT2D eigenvalue weighted by atomic mass is 16.2. The van der Waals surface area contributed by atoms with Crippen LogP contribution in [0.1, 0.15) is 31.7 Å². The zero-order valence-corrected chi connectivity index (χ0v) is 17.9. The number of aromatic nitrogens is 2. The maximum Gasteiger partial charge on any atom is 0.261 e. The van der Waals surface area contributed by atoms with Crippen molar-refractivity contribution in [3.63, 3.8) is 0 Å². The second-order valence-electron chi connectivity index (χ2n) is 7.82. The molecule has 30 heavy (non-hydrogen) atoms. The molecule has 0 bridgehead atoms. The van der Waals surface area contributed by atoms with E-state index in [2.05, 4.69) is 22.1 Å². The van der Waals surface area contributed by atoms with Crippen LogP contribution in [0.25, 0.3) is 10.9 Å². The maximum absolute atomic E-state index is 12.7. The average Bonchev–Trinajstić information content (AvgIpc) is 2.74. The van der Waals surface area contributed by atoms with Crippen LogP contribution in [-0.2, 0) is 16.1 Å². The lowest BCUT2D eigenvalue weighted by molar-refractivity contribution is -0.133. The van der Waals surface area contributed by atoms with Crippen molar-refractivity contribution in [1.29, 1.82) is 0 Å². The van der Waals surface area contributed by atoms with Gasteiger partial charge in [0, 0.05) is 45.7 Å². The largest absolute Gasteiger partial charge is 0.355 e. The molecule has 1 aliphatic rings. The van der Waals surface area contributed by atoms with Gasteiger partial charge in [-0.15, -0.1) is 0 Å². The number of carbonyl (C=O) groups is 2. The number of nitrogens with one attached hydrogen (secondary N) is 1. The van der Waals surface area contributed by atoms with E-state index in [1.54, 1.807) is 6.07 Å². The Morgan fingerprint density at radius 2 is 1.93 bits per heavy atom. The summed E-state index contributed by atoms with van der Waals surface area (Å²) >= 11 is 0. The summed E-state index contributed by atoms with van der Waals surface area (Å²) in [6, 6.07) is 5.55. The van der Waals surface area contributed by atoms with Crippen molar-refractivity contribution in [2.24, 2.45) is 0 Å². The van der Waals surface area contributed by atoms with Gasteiger partial charge in [0.15, 0.2) is 0 Å². The number of aryl methyl sites for hydroxylation is 2. The van der Waals surface area contributed by atoms with Gasteiger partial charge in [0.1, 0.15) is 0 Å². The van der Waals surface area contributed by atoms with E-state index in [-0.39, 0.29) is 23.8 Å². The third-order valence-electron chi connectivity index (χ3n) is 5.57. The molecule has 0 atom stereocenters. The Labute approximate surface area is 176 Å². The summed E-state index contributed by atoms with van der Waals surface area (Å²) < 4.78 is 1.51. The molecule has 1 aromatic carbocycles. The molecule has 162 valence electrons. The Hall–Kier alpha value is -2.74. The summed E-state index contributed by atoms with van der Waals surface area (Å²) in [7, 11) is 0. The smallest absolute Gasteiger partial charge is 0.261 e. The lowest BCUT2D eigenvalue weighted by Gasteiger charge is -2.34. The number of unbranched alkanes of at least 4 members (excludes halogenated alkanes) is 1. The van der Waals surface area contributed by atoms with Gasteiger partial charge in [-0.1, -0.05) is 25.5 Å². The normalized spacial score (nSPS) is 14.8. The fourth-order valence-electron chi connectivity index (χ4n) is 3.69. The van der Waals surface area contributed by atoms with E-state index in [0.29, 0.717) is 50.2 Å².